The summed E-state index contributed by atoms with van der Waals surface area (Å²) in [4.78, 5) is 10.8. The summed E-state index contributed by atoms with van der Waals surface area (Å²) in [6.45, 7) is 4.30. The van der Waals surface area contributed by atoms with E-state index in [0.29, 0.717) is 13.2 Å². The maximum absolute atomic E-state index is 10.8. The van der Waals surface area contributed by atoms with Gasteiger partial charge in [-0.3, -0.25) is 4.79 Å². The molecule has 0 heterocycles. The van der Waals surface area contributed by atoms with Crippen LogP contribution in [0.4, 0.5) is 0 Å². The van der Waals surface area contributed by atoms with Crippen molar-refractivity contribution in [3.63, 3.8) is 0 Å². The first-order chi connectivity index (χ1) is 5.74. The van der Waals surface area contributed by atoms with Gasteiger partial charge in [-0.2, -0.15) is 0 Å². The number of hydrogen-bond acceptors (Lipinski definition) is 4. The Balaban J connectivity index is 3.78. The molecule has 0 saturated carbocycles. The lowest BCUT2D eigenvalue weighted by atomic mass is 10.4. The Morgan fingerprint density at radius 2 is 1.92 bits per heavy atom. The molecule has 0 aliphatic heterocycles. The fourth-order valence-corrected chi connectivity index (χ4v) is 0.716. The second-order valence-electron chi connectivity index (χ2n) is 1.89. The molecule has 4 nitrogen and oxygen atoms in total. The number of carbonyl (C=O) groups is 1. The van der Waals surface area contributed by atoms with Crippen LogP contribution >= 0.6 is 11.8 Å². The predicted octanol–water partition coefficient (Wildman–Crippen LogP) is 1.53. The fourth-order valence-electron chi connectivity index (χ4n) is 0.607. The molecule has 0 saturated heterocycles. The molecule has 0 spiro atoms. The molecular weight excluding hydrogens is 182 g/mol. The van der Waals surface area contributed by atoms with E-state index in [2.05, 4.69) is 9.25 Å². The molecule has 0 atom stereocenters. The fraction of sp³-hybridized carbons (Fsp3) is 0.714. The van der Waals surface area contributed by atoms with Gasteiger partial charge in [0.15, 0.2) is 0 Å². The van der Waals surface area contributed by atoms with Gasteiger partial charge < -0.3 is 9.47 Å². The molecule has 0 bridgehead atoms. The highest BCUT2D eigenvalue weighted by molar-refractivity contribution is 6.20. The number of halogens is 1. The van der Waals surface area contributed by atoms with Crippen LogP contribution in [0.2, 0.25) is 0 Å². The van der Waals surface area contributed by atoms with Crippen LogP contribution in [0.25, 0.3) is 0 Å². The maximum Gasteiger partial charge on any atom is 0.315 e. The Kier molecular flexibility index (Phi) is 6.47. The predicted molar refractivity (Wildman–Crippen MR) is 46.2 cm³/mol. The van der Waals surface area contributed by atoms with Crippen LogP contribution in [0.1, 0.15) is 20.3 Å². The molecule has 0 aromatic heterocycles. The molecular formula is C7H12ClNO3. The minimum absolute atomic E-state index is 0.00875. The number of nitrogens with zero attached hydrogens (tertiary/aromatic N) is 1. The molecule has 0 aromatic carbocycles. The Bertz CT molecular complexity index is 170. The number of ether oxygens (including phenoxy) is 2. The molecule has 0 aliphatic rings. The average molecular weight is 194 g/mol. The van der Waals surface area contributed by atoms with Crippen LogP contribution in [0.15, 0.2) is 4.51 Å². The molecule has 0 aromatic rings. The van der Waals surface area contributed by atoms with Gasteiger partial charge in [-0.25, -0.2) is 0 Å². The molecule has 0 fully saturated rings. The summed E-state index contributed by atoms with van der Waals surface area (Å²) in [7, 11) is 0. The van der Waals surface area contributed by atoms with Gasteiger partial charge in [0.1, 0.15) is 6.42 Å². The normalized spacial score (nSPS) is 11.1. The van der Waals surface area contributed by atoms with Crippen molar-refractivity contribution >= 4 is 23.6 Å². The largest absolute Gasteiger partial charge is 0.480 e. The minimum Gasteiger partial charge on any atom is -0.480 e. The van der Waals surface area contributed by atoms with Gasteiger partial charge in [-0.1, -0.05) is 0 Å². The standard InChI is InChI=1S/C7H12ClNO3/c1-3-11-6(9-8)5-7(10)12-4-2/h3-5H2,1-2H3/b9-6+. The van der Waals surface area contributed by atoms with E-state index in [-0.39, 0.29) is 18.3 Å². The van der Waals surface area contributed by atoms with Crippen molar-refractivity contribution in [3.8, 4) is 0 Å². The summed E-state index contributed by atoms with van der Waals surface area (Å²) in [5, 5.41) is 0. The molecule has 0 N–H and O–H groups in total. The van der Waals surface area contributed by atoms with Crippen molar-refractivity contribution < 1.29 is 14.3 Å². The number of carbonyl (C=O) groups excluding carboxylic acids is 1. The highest BCUT2D eigenvalue weighted by atomic mass is 35.5. The number of rotatable bonds is 4. The molecule has 12 heavy (non-hydrogen) atoms. The van der Waals surface area contributed by atoms with Crippen LogP contribution in [0, 0.1) is 0 Å². The van der Waals surface area contributed by atoms with E-state index in [0.717, 1.165) is 0 Å². The molecule has 0 unspecified atom stereocenters. The SMILES string of the molecule is CCOC(=O)C/C(=N\Cl)OCC. The van der Waals surface area contributed by atoms with Gasteiger partial charge in [-0.15, -0.1) is 4.51 Å². The van der Waals surface area contributed by atoms with Gasteiger partial charge in [0.2, 0.25) is 5.90 Å². The highest BCUT2D eigenvalue weighted by Gasteiger charge is 2.08. The number of esters is 1. The van der Waals surface area contributed by atoms with Crippen LogP contribution in [-0.4, -0.2) is 25.1 Å². The zero-order valence-corrected chi connectivity index (χ0v) is 7.93. The summed E-state index contributed by atoms with van der Waals surface area (Å²) in [5.41, 5.74) is 0. The Morgan fingerprint density at radius 3 is 2.33 bits per heavy atom. The smallest absolute Gasteiger partial charge is 0.315 e. The van der Waals surface area contributed by atoms with E-state index in [1.807, 2.05) is 0 Å². The monoisotopic (exact) mass is 193 g/mol. The second kappa shape index (κ2) is 6.91. The van der Waals surface area contributed by atoms with Crippen molar-refractivity contribution in [2.24, 2.45) is 4.51 Å². The van der Waals surface area contributed by atoms with E-state index in [9.17, 15) is 4.79 Å². The van der Waals surface area contributed by atoms with Crippen LogP contribution in [0.3, 0.4) is 0 Å². The highest BCUT2D eigenvalue weighted by Crippen LogP contribution is 1.95. The van der Waals surface area contributed by atoms with Gasteiger partial charge in [-0.05, 0) is 13.8 Å². The second-order valence-corrected chi connectivity index (χ2v) is 2.06. The third kappa shape index (κ3) is 4.96. The van der Waals surface area contributed by atoms with Crippen molar-refractivity contribution in [3.05, 3.63) is 0 Å². The summed E-state index contributed by atoms with van der Waals surface area (Å²) < 4.78 is 12.9. The molecule has 0 amide bonds. The van der Waals surface area contributed by atoms with E-state index < -0.39 is 0 Å². The van der Waals surface area contributed by atoms with E-state index >= 15 is 0 Å². The Hall–Kier alpha value is -0.770. The first-order valence-electron chi connectivity index (χ1n) is 3.70. The molecule has 70 valence electrons. The van der Waals surface area contributed by atoms with E-state index in [4.69, 9.17) is 16.5 Å². The Labute approximate surface area is 76.6 Å². The van der Waals surface area contributed by atoms with Crippen LogP contribution in [0.5, 0.6) is 0 Å². The number of hydrogen-bond donors (Lipinski definition) is 0. The van der Waals surface area contributed by atoms with Crippen molar-refractivity contribution in [2.75, 3.05) is 13.2 Å². The summed E-state index contributed by atoms with van der Waals surface area (Å²) >= 11 is 5.15. The van der Waals surface area contributed by atoms with Crippen molar-refractivity contribution in [1.29, 1.82) is 0 Å². The summed E-state index contributed by atoms with van der Waals surface area (Å²) in [6, 6.07) is 0. The summed E-state index contributed by atoms with van der Waals surface area (Å²) in [5.74, 6) is -0.192. The third-order valence-electron chi connectivity index (χ3n) is 1.01. The lowest BCUT2D eigenvalue weighted by Gasteiger charge is -2.04. The summed E-state index contributed by atoms with van der Waals surface area (Å²) in [6.07, 6.45) is -0.00875. The topological polar surface area (TPSA) is 47.9 Å². The van der Waals surface area contributed by atoms with Gasteiger partial charge in [0.05, 0.1) is 13.2 Å². The zero-order chi connectivity index (χ0) is 9.40. The van der Waals surface area contributed by atoms with E-state index in [1.54, 1.807) is 13.8 Å². The van der Waals surface area contributed by atoms with Gasteiger partial charge >= 0.3 is 5.97 Å². The first-order valence-corrected chi connectivity index (χ1v) is 4.04. The van der Waals surface area contributed by atoms with Crippen LogP contribution in [-0.2, 0) is 14.3 Å². The molecule has 0 rings (SSSR count). The van der Waals surface area contributed by atoms with Gasteiger partial charge in [0, 0.05) is 11.8 Å². The Morgan fingerprint density at radius 1 is 1.33 bits per heavy atom. The zero-order valence-electron chi connectivity index (χ0n) is 7.17. The third-order valence-corrected chi connectivity index (χ3v) is 1.19. The van der Waals surface area contributed by atoms with Crippen LogP contribution < -0.4 is 0 Å². The lowest BCUT2D eigenvalue weighted by Crippen LogP contribution is -2.13. The molecule has 0 aliphatic carbocycles. The average Bonchev–Trinajstić information content (AvgIpc) is 2.04. The van der Waals surface area contributed by atoms with E-state index in [1.165, 1.54) is 0 Å². The molecule has 0 radical (unpaired) electrons. The lowest BCUT2D eigenvalue weighted by molar-refractivity contribution is -0.141. The maximum atomic E-state index is 10.8. The molecule has 5 heteroatoms. The van der Waals surface area contributed by atoms with Crippen molar-refractivity contribution in [1.82, 2.24) is 0 Å². The van der Waals surface area contributed by atoms with Crippen molar-refractivity contribution in [2.45, 2.75) is 20.3 Å². The minimum atomic E-state index is -0.384. The first kappa shape index (κ1) is 11.2. The quantitative estimate of drug-likeness (QED) is 0.387. The van der Waals surface area contributed by atoms with Gasteiger partial charge in [0.25, 0.3) is 0 Å².